The molecule has 0 rings (SSSR count). The van der Waals surface area contributed by atoms with Crippen LogP contribution in [0, 0.1) is 0 Å². The number of carboxylic acids is 3. The van der Waals surface area contributed by atoms with Crippen LogP contribution in [0.2, 0.25) is 0 Å². The summed E-state index contributed by atoms with van der Waals surface area (Å²) in [7, 11) is 0. The molecule has 0 aromatic rings. The summed E-state index contributed by atoms with van der Waals surface area (Å²) >= 11 is 0. The summed E-state index contributed by atoms with van der Waals surface area (Å²) in [5, 5.41) is 31.6. The minimum atomic E-state index is -1.23. The number of aliphatic hydroxyl groups is 1. The maximum Gasteiger partial charge on any atom is 0.332 e. The average molecular weight is 266 g/mol. The SMILES string of the molecule is CC(O)C(=O)O.CCCC(=O)O.CCCC(=O)O. The van der Waals surface area contributed by atoms with Crippen molar-refractivity contribution in [2.75, 3.05) is 0 Å². The summed E-state index contributed by atoms with van der Waals surface area (Å²) in [6, 6.07) is 0. The maximum atomic E-state index is 9.60. The molecule has 0 fully saturated rings. The van der Waals surface area contributed by atoms with Crippen LogP contribution in [0.4, 0.5) is 0 Å². The molecule has 7 heteroatoms. The highest BCUT2D eigenvalue weighted by atomic mass is 16.4. The van der Waals surface area contributed by atoms with Crippen LogP contribution in [0.5, 0.6) is 0 Å². The van der Waals surface area contributed by atoms with Gasteiger partial charge in [0.05, 0.1) is 0 Å². The first kappa shape index (κ1) is 21.6. The van der Waals surface area contributed by atoms with Crippen molar-refractivity contribution >= 4 is 17.9 Å². The van der Waals surface area contributed by atoms with Crippen LogP contribution in [-0.4, -0.2) is 44.4 Å². The van der Waals surface area contributed by atoms with Crippen LogP contribution in [-0.2, 0) is 14.4 Å². The van der Waals surface area contributed by atoms with Gasteiger partial charge in [0.2, 0.25) is 0 Å². The first-order valence-corrected chi connectivity index (χ1v) is 5.53. The molecule has 4 N–H and O–H groups in total. The van der Waals surface area contributed by atoms with E-state index in [1.807, 2.05) is 13.8 Å². The zero-order valence-electron chi connectivity index (χ0n) is 10.9. The fourth-order valence-electron chi connectivity index (χ4n) is 0.428. The van der Waals surface area contributed by atoms with Gasteiger partial charge in [0.1, 0.15) is 6.10 Å². The fraction of sp³-hybridized carbons (Fsp3) is 0.727. The summed E-state index contributed by atoms with van der Waals surface area (Å²) in [5.41, 5.74) is 0. The van der Waals surface area contributed by atoms with Crippen LogP contribution >= 0.6 is 0 Å². The van der Waals surface area contributed by atoms with Gasteiger partial charge in [-0.15, -0.1) is 0 Å². The van der Waals surface area contributed by atoms with Crippen molar-refractivity contribution in [1.82, 2.24) is 0 Å². The lowest BCUT2D eigenvalue weighted by atomic mass is 10.4. The summed E-state index contributed by atoms with van der Waals surface area (Å²) in [6.07, 6.45) is 0.815. The summed E-state index contributed by atoms with van der Waals surface area (Å²) in [4.78, 5) is 28.6. The lowest BCUT2D eigenvalue weighted by Gasteiger charge is -1.89. The molecule has 0 heterocycles. The molecule has 0 aromatic heterocycles. The molecule has 0 aliphatic carbocycles. The number of hydrogen-bond donors (Lipinski definition) is 4. The van der Waals surface area contributed by atoms with E-state index in [1.54, 1.807) is 0 Å². The lowest BCUT2D eigenvalue weighted by molar-refractivity contribution is -0.145. The quantitative estimate of drug-likeness (QED) is 0.587. The second-order valence-electron chi connectivity index (χ2n) is 3.30. The van der Waals surface area contributed by atoms with Crippen molar-refractivity contribution in [1.29, 1.82) is 0 Å². The van der Waals surface area contributed by atoms with Gasteiger partial charge in [0, 0.05) is 12.8 Å². The monoisotopic (exact) mass is 266 g/mol. The molecule has 108 valence electrons. The Kier molecular flexibility index (Phi) is 18.5. The van der Waals surface area contributed by atoms with Crippen molar-refractivity contribution in [3.8, 4) is 0 Å². The number of rotatable bonds is 5. The molecule has 1 unspecified atom stereocenters. The van der Waals surface area contributed by atoms with E-state index in [1.165, 1.54) is 6.92 Å². The standard InChI is InChI=1S/2C4H8O2.C3H6O3/c2*1-2-3-4(5)6;1-2(4)3(5)6/h2*2-3H2,1H3,(H,5,6);2,4H,1H3,(H,5,6). The number of carbonyl (C=O) groups is 3. The number of hydrogen-bond acceptors (Lipinski definition) is 4. The molecule has 0 bridgehead atoms. The van der Waals surface area contributed by atoms with Crippen molar-refractivity contribution in [2.24, 2.45) is 0 Å². The Balaban J connectivity index is -0.000000187. The van der Waals surface area contributed by atoms with Crippen LogP contribution < -0.4 is 0 Å². The third kappa shape index (κ3) is 36.7. The molecule has 0 saturated heterocycles. The highest BCUT2D eigenvalue weighted by Crippen LogP contribution is 1.82. The van der Waals surface area contributed by atoms with E-state index < -0.39 is 24.0 Å². The van der Waals surface area contributed by atoms with Crippen LogP contribution in [0.15, 0.2) is 0 Å². The summed E-state index contributed by atoms with van der Waals surface area (Å²) in [5.74, 6) is -2.61. The smallest absolute Gasteiger partial charge is 0.332 e. The third-order valence-corrected chi connectivity index (χ3v) is 1.29. The molecule has 7 nitrogen and oxygen atoms in total. The third-order valence-electron chi connectivity index (χ3n) is 1.29. The van der Waals surface area contributed by atoms with Crippen LogP contribution in [0.1, 0.15) is 46.5 Å². The number of aliphatic carboxylic acids is 3. The number of aliphatic hydroxyl groups excluding tert-OH is 1. The highest BCUT2D eigenvalue weighted by molar-refractivity contribution is 5.71. The minimum Gasteiger partial charge on any atom is -0.481 e. The van der Waals surface area contributed by atoms with Crippen molar-refractivity contribution in [2.45, 2.75) is 52.6 Å². The van der Waals surface area contributed by atoms with Gasteiger partial charge in [-0.25, -0.2) is 4.79 Å². The zero-order chi connectivity index (χ0) is 15.1. The molecule has 0 aromatic carbocycles. The Morgan fingerprint density at radius 2 is 1.11 bits per heavy atom. The van der Waals surface area contributed by atoms with E-state index in [4.69, 9.17) is 20.4 Å². The average Bonchev–Trinajstić information content (AvgIpc) is 2.18. The summed E-state index contributed by atoms with van der Waals surface area (Å²) < 4.78 is 0. The molecule has 0 saturated carbocycles. The molecule has 0 amide bonds. The van der Waals surface area contributed by atoms with E-state index in [-0.39, 0.29) is 0 Å². The zero-order valence-corrected chi connectivity index (χ0v) is 10.9. The largest absolute Gasteiger partial charge is 0.481 e. The Bertz CT molecular complexity index is 220. The van der Waals surface area contributed by atoms with Crippen molar-refractivity contribution in [3.05, 3.63) is 0 Å². The van der Waals surface area contributed by atoms with Gasteiger partial charge in [-0.2, -0.15) is 0 Å². The first-order valence-electron chi connectivity index (χ1n) is 5.53. The van der Waals surface area contributed by atoms with Gasteiger partial charge < -0.3 is 20.4 Å². The second kappa shape index (κ2) is 15.4. The molecular weight excluding hydrogens is 244 g/mol. The van der Waals surface area contributed by atoms with E-state index in [0.29, 0.717) is 12.8 Å². The van der Waals surface area contributed by atoms with Crippen LogP contribution in [0.25, 0.3) is 0 Å². The molecule has 1 atom stereocenters. The molecule has 0 radical (unpaired) electrons. The Labute approximate surface area is 106 Å². The molecule has 0 aliphatic rings. The predicted octanol–water partition coefficient (Wildman–Crippen LogP) is 1.19. The van der Waals surface area contributed by atoms with E-state index >= 15 is 0 Å². The minimum absolute atomic E-state index is 0.292. The Hall–Kier alpha value is -1.63. The van der Waals surface area contributed by atoms with E-state index in [0.717, 1.165) is 12.8 Å². The topological polar surface area (TPSA) is 132 Å². The Morgan fingerprint density at radius 1 is 0.889 bits per heavy atom. The van der Waals surface area contributed by atoms with Gasteiger partial charge >= 0.3 is 17.9 Å². The van der Waals surface area contributed by atoms with E-state index in [9.17, 15) is 14.4 Å². The normalized spacial score (nSPS) is 10.0. The Morgan fingerprint density at radius 3 is 1.11 bits per heavy atom. The molecule has 18 heavy (non-hydrogen) atoms. The molecule has 0 spiro atoms. The van der Waals surface area contributed by atoms with Gasteiger partial charge in [-0.05, 0) is 19.8 Å². The second-order valence-corrected chi connectivity index (χ2v) is 3.30. The van der Waals surface area contributed by atoms with Crippen molar-refractivity contribution in [3.63, 3.8) is 0 Å². The van der Waals surface area contributed by atoms with Gasteiger partial charge in [-0.1, -0.05) is 13.8 Å². The maximum absolute atomic E-state index is 9.60. The van der Waals surface area contributed by atoms with Crippen molar-refractivity contribution < 1.29 is 34.8 Å². The first-order chi connectivity index (χ1) is 8.18. The van der Waals surface area contributed by atoms with E-state index in [2.05, 4.69) is 0 Å². The van der Waals surface area contributed by atoms with Gasteiger partial charge in [0.15, 0.2) is 0 Å². The lowest BCUT2D eigenvalue weighted by Crippen LogP contribution is -2.13. The molecular formula is C11H22O7. The highest BCUT2D eigenvalue weighted by Gasteiger charge is 2.01. The van der Waals surface area contributed by atoms with Crippen LogP contribution in [0.3, 0.4) is 0 Å². The number of carboxylic acid groups (broad SMARTS) is 3. The summed E-state index contributed by atoms with van der Waals surface area (Å²) in [6.45, 7) is 4.88. The van der Waals surface area contributed by atoms with Gasteiger partial charge in [0.25, 0.3) is 0 Å². The molecule has 0 aliphatic heterocycles. The van der Waals surface area contributed by atoms with Gasteiger partial charge in [-0.3, -0.25) is 9.59 Å². The fourth-order valence-corrected chi connectivity index (χ4v) is 0.428. The predicted molar refractivity (Wildman–Crippen MR) is 64.4 cm³/mol.